The SMILES string of the molecule is O=c1ccc(-c2nccn2-c2ccccc2)cn1-c1ccccc1. The lowest BCUT2D eigenvalue weighted by molar-refractivity contribution is 0.980. The van der Waals surface area contributed by atoms with Gasteiger partial charge in [0.2, 0.25) is 0 Å². The summed E-state index contributed by atoms with van der Waals surface area (Å²) < 4.78 is 3.65. The van der Waals surface area contributed by atoms with Crippen LogP contribution in [0.4, 0.5) is 0 Å². The van der Waals surface area contributed by atoms with Gasteiger partial charge in [0.15, 0.2) is 0 Å². The van der Waals surface area contributed by atoms with Crippen LogP contribution >= 0.6 is 0 Å². The summed E-state index contributed by atoms with van der Waals surface area (Å²) in [7, 11) is 0. The Morgan fingerprint density at radius 2 is 1.33 bits per heavy atom. The van der Waals surface area contributed by atoms with Crippen LogP contribution in [0.2, 0.25) is 0 Å². The third-order valence-electron chi connectivity index (χ3n) is 3.88. The van der Waals surface area contributed by atoms with E-state index >= 15 is 0 Å². The van der Waals surface area contributed by atoms with Crippen LogP contribution in [0, 0.1) is 0 Å². The van der Waals surface area contributed by atoms with Crippen LogP contribution in [0.5, 0.6) is 0 Å². The van der Waals surface area contributed by atoms with E-state index in [4.69, 9.17) is 0 Å². The molecule has 0 amide bonds. The van der Waals surface area contributed by atoms with Gasteiger partial charge >= 0.3 is 0 Å². The molecule has 0 atom stereocenters. The molecule has 24 heavy (non-hydrogen) atoms. The summed E-state index contributed by atoms with van der Waals surface area (Å²) in [4.78, 5) is 16.7. The largest absolute Gasteiger partial charge is 0.300 e. The summed E-state index contributed by atoms with van der Waals surface area (Å²) in [5.74, 6) is 0.797. The average molecular weight is 313 g/mol. The molecule has 0 aliphatic carbocycles. The molecule has 0 spiro atoms. The predicted octanol–water partition coefficient (Wildman–Crippen LogP) is 3.69. The zero-order valence-corrected chi connectivity index (χ0v) is 12.9. The molecule has 0 fully saturated rings. The molecule has 0 radical (unpaired) electrons. The topological polar surface area (TPSA) is 39.8 Å². The molecule has 4 aromatic rings. The van der Waals surface area contributed by atoms with E-state index in [1.807, 2.05) is 83.7 Å². The summed E-state index contributed by atoms with van der Waals surface area (Å²) in [5, 5.41) is 0. The Morgan fingerprint density at radius 3 is 2.00 bits per heavy atom. The van der Waals surface area contributed by atoms with Crippen molar-refractivity contribution in [2.75, 3.05) is 0 Å². The van der Waals surface area contributed by atoms with Gasteiger partial charge in [0, 0.05) is 41.6 Å². The van der Waals surface area contributed by atoms with E-state index < -0.39 is 0 Å². The fourth-order valence-electron chi connectivity index (χ4n) is 2.72. The van der Waals surface area contributed by atoms with Gasteiger partial charge in [0.25, 0.3) is 5.56 Å². The van der Waals surface area contributed by atoms with Gasteiger partial charge in [-0.25, -0.2) is 4.98 Å². The Morgan fingerprint density at radius 1 is 0.708 bits per heavy atom. The summed E-state index contributed by atoms with van der Waals surface area (Å²) in [6.07, 6.45) is 5.52. The average Bonchev–Trinajstić information content (AvgIpc) is 3.13. The van der Waals surface area contributed by atoms with Crippen LogP contribution in [0.25, 0.3) is 22.8 Å². The minimum absolute atomic E-state index is 0.0669. The second kappa shape index (κ2) is 6.01. The minimum atomic E-state index is -0.0669. The second-order valence-corrected chi connectivity index (χ2v) is 5.42. The summed E-state index contributed by atoms with van der Waals surface area (Å²) >= 11 is 0. The summed E-state index contributed by atoms with van der Waals surface area (Å²) in [6.45, 7) is 0. The number of hydrogen-bond donors (Lipinski definition) is 0. The lowest BCUT2D eigenvalue weighted by Crippen LogP contribution is -2.16. The van der Waals surface area contributed by atoms with Crippen molar-refractivity contribution in [1.82, 2.24) is 14.1 Å². The van der Waals surface area contributed by atoms with Crippen LogP contribution < -0.4 is 5.56 Å². The second-order valence-electron chi connectivity index (χ2n) is 5.42. The predicted molar refractivity (Wildman–Crippen MR) is 94.6 cm³/mol. The van der Waals surface area contributed by atoms with E-state index in [1.54, 1.807) is 16.8 Å². The molecule has 2 aromatic heterocycles. The number of aromatic nitrogens is 3. The van der Waals surface area contributed by atoms with Crippen molar-refractivity contribution in [3.05, 3.63) is 102 Å². The molecule has 2 heterocycles. The minimum Gasteiger partial charge on any atom is -0.300 e. The normalized spacial score (nSPS) is 10.7. The van der Waals surface area contributed by atoms with E-state index in [0.29, 0.717) is 0 Å². The maximum absolute atomic E-state index is 12.2. The first-order valence-corrected chi connectivity index (χ1v) is 7.70. The number of rotatable bonds is 3. The van der Waals surface area contributed by atoms with Crippen molar-refractivity contribution < 1.29 is 0 Å². The Kier molecular flexibility index (Phi) is 3.56. The van der Waals surface area contributed by atoms with Gasteiger partial charge in [-0.05, 0) is 30.3 Å². The van der Waals surface area contributed by atoms with Gasteiger partial charge in [0.05, 0.1) is 0 Å². The molecule has 0 aliphatic rings. The molecule has 0 bridgehead atoms. The number of imidazole rings is 1. The number of benzene rings is 2. The van der Waals surface area contributed by atoms with Crippen LogP contribution in [0.1, 0.15) is 0 Å². The molecular formula is C20H15N3O. The molecule has 0 saturated carbocycles. The molecule has 4 rings (SSSR count). The molecule has 0 aliphatic heterocycles. The van der Waals surface area contributed by atoms with Crippen molar-refractivity contribution in [3.8, 4) is 22.8 Å². The van der Waals surface area contributed by atoms with Crippen molar-refractivity contribution in [2.24, 2.45) is 0 Å². The zero-order valence-electron chi connectivity index (χ0n) is 12.9. The molecule has 2 aromatic carbocycles. The van der Waals surface area contributed by atoms with Crippen molar-refractivity contribution in [3.63, 3.8) is 0 Å². The van der Waals surface area contributed by atoms with Crippen LogP contribution in [-0.2, 0) is 0 Å². The fourth-order valence-corrected chi connectivity index (χ4v) is 2.72. The number of nitrogens with zero attached hydrogens (tertiary/aromatic N) is 3. The maximum atomic E-state index is 12.2. The van der Waals surface area contributed by atoms with Gasteiger partial charge in [-0.3, -0.25) is 13.9 Å². The zero-order chi connectivity index (χ0) is 16.4. The van der Waals surface area contributed by atoms with Gasteiger partial charge in [-0.2, -0.15) is 0 Å². The Balaban J connectivity index is 1.85. The fraction of sp³-hybridized carbons (Fsp3) is 0. The van der Waals surface area contributed by atoms with E-state index in [1.165, 1.54) is 0 Å². The third-order valence-corrected chi connectivity index (χ3v) is 3.88. The van der Waals surface area contributed by atoms with E-state index in [-0.39, 0.29) is 5.56 Å². The highest BCUT2D eigenvalue weighted by molar-refractivity contribution is 5.58. The first-order valence-electron chi connectivity index (χ1n) is 7.70. The van der Waals surface area contributed by atoms with Crippen LogP contribution in [0.3, 0.4) is 0 Å². The van der Waals surface area contributed by atoms with E-state index in [0.717, 1.165) is 22.8 Å². The molecule has 0 saturated heterocycles. The highest BCUT2D eigenvalue weighted by Gasteiger charge is 2.09. The lowest BCUT2D eigenvalue weighted by Gasteiger charge is -2.10. The quantitative estimate of drug-likeness (QED) is 0.579. The Bertz CT molecular complexity index is 1020. The first kappa shape index (κ1) is 14.2. The van der Waals surface area contributed by atoms with Crippen molar-refractivity contribution in [1.29, 1.82) is 0 Å². The molecule has 116 valence electrons. The Hall–Kier alpha value is -3.40. The van der Waals surface area contributed by atoms with Crippen LogP contribution in [-0.4, -0.2) is 14.1 Å². The van der Waals surface area contributed by atoms with Gasteiger partial charge in [-0.15, -0.1) is 0 Å². The van der Waals surface area contributed by atoms with E-state index in [9.17, 15) is 4.79 Å². The van der Waals surface area contributed by atoms with E-state index in [2.05, 4.69) is 4.98 Å². The van der Waals surface area contributed by atoms with Crippen molar-refractivity contribution >= 4 is 0 Å². The Labute approximate surface area is 139 Å². The van der Waals surface area contributed by atoms with Crippen molar-refractivity contribution in [2.45, 2.75) is 0 Å². The van der Waals surface area contributed by atoms with Crippen LogP contribution in [0.15, 0.2) is 96.2 Å². The van der Waals surface area contributed by atoms with Gasteiger partial charge in [0.1, 0.15) is 5.82 Å². The maximum Gasteiger partial charge on any atom is 0.255 e. The highest BCUT2D eigenvalue weighted by Crippen LogP contribution is 2.21. The molecule has 4 nitrogen and oxygen atoms in total. The smallest absolute Gasteiger partial charge is 0.255 e. The number of hydrogen-bond acceptors (Lipinski definition) is 2. The highest BCUT2D eigenvalue weighted by atomic mass is 16.1. The monoisotopic (exact) mass is 313 g/mol. The number of para-hydroxylation sites is 2. The number of pyridine rings is 1. The molecule has 0 N–H and O–H groups in total. The molecule has 0 unspecified atom stereocenters. The summed E-state index contributed by atoms with van der Waals surface area (Å²) in [5.41, 5.74) is 2.68. The third kappa shape index (κ3) is 2.54. The molecular weight excluding hydrogens is 298 g/mol. The van der Waals surface area contributed by atoms with Gasteiger partial charge < -0.3 is 0 Å². The van der Waals surface area contributed by atoms with Gasteiger partial charge in [-0.1, -0.05) is 36.4 Å². The standard InChI is InChI=1S/C20H15N3O/c24-19-12-11-16(15-23(19)18-9-5-2-6-10-18)20-21-13-14-22(20)17-7-3-1-4-8-17/h1-15H. The first-order chi connectivity index (χ1) is 11.8. The molecule has 4 heteroatoms. The summed E-state index contributed by atoms with van der Waals surface area (Å²) in [6, 6.07) is 23.0. The lowest BCUT2D eigenvalue weighted by atomic mass is 10.2.